The fourth-order valence-corrected chi connectivity index (χ4v) is 3.47. The van der Waals surface area contributed by atoms with Crippen LogP contribution in [0.15, 0.2) is 59.4 Å². The third kappa shape index (κ3) is 1.19. The molecule has 2 heterocycles. The minimum Gasteiger partial charge on any atom is -0.268 e. The summed E-state index contributed by atoms with van der Waals surface area (Å²) in [4.78, 5) is 13.5. The molecule has 4 rings (SSSR count). The quantitative estimate of drug-likeness (QED) is 0.467. The Morgan fingerprint density at radius 3 is 2.67 bits per heavy atom. The Labute approximate surface area is 107 Å². The molecule has 0 N–H and O–H groups in total. The Kier molecular flexibility index (Phi) is 1.88. The molecule has 0 aliphatic carbocycles. The highest BCUT2D eigenvalue weighted by Crippen LogP contribution is 2.26. The predicted octanol–water partition coefficient (Wildman–Crippen LogP) is 3.67. The van der Waals surface area contributed by atoms with Crippen LogP contribution < -0.4 is 5.56 Å². The van der Waals surface area contributed by atoms with Crippen molar-refractivity contribution in [3.05, 3.63) is 65.0 Å². The van der Waals surface area contributed by atoms with Crippen molar-refractivity contribution in [1.29, 1.82) is 0 Å². The van der Waals surface area contributed by atoms with Gasteiger partial charge in [0, 0.05) is 5.39 Å². The average Bonchev–Trinajstić information content (AvgIpc) is 2.77. The van der Waals surface area contributed by atoms with Crippen molar-refractivity contribution in [3.8, 4) is 0 Å². The van der Waals surface area contributed by atoms with Gasteiger partial charge < -0.3 is 0 Å². The van der Waals surface area contributed by atoms with Crippen LogP contribution in [-0.2, 0) is 0 Å². The van der Waals surface area contributed by atoms with Gasteiger partial charge in [-0.3, -0.25) is 9.20 Å². The van der Waals surface area contributed by atoms with Gasteiger partial charge >= 0.3 is 0 Å². The van der Waals surface area contributed by atoms with Crippen LogP contribution in [-0.4, -0.2) is 4.40 Å². The molecule has 0 spiro atoms. The van der Waals surface area contributed by atoms with Crippen molar-refractivity contribution >= 4 is 37.2 Å². The molecular weight excluding hydrogens is 242 g/mol. The summed E-state index contributed by atoms with van der Waals surface area (Å²) in [6.07, 6.45) is 0. The molecule has 0 unspecified atom stereocenters. The lowest BCUT2D eigenvalue weighted by Crippen LogP contribution is -2.11. The molecule has 0 saturated heterocycles. The predicted molar refractivity (Wildman–Crippen MR) is 76.6 cm³/mol. The van der Waals surface area contributed by atoms with Gasteiger partial charge in [-0.15, -0.1) is 11.3 Å². The van der Waals surface area contributed by atoms with Crippen LogP contribution in [0, 0.1) is 0 Å². The second-order valence-corrected chi connectivity index (χ2v) is 5.34. The topological polar surface area (TPSA) is 21.5 Å². The molecule has 18 heavy (non-hydrogen) atoms. The van der Waals surface area contributed by atoms with Gasteiger partial charge in [0.05, 0.1) is 10.2 Å². The van der Waals surface area contributed by atoms with E-state index in [0.717, 1.165) is 25.8 Å². The number of fused-ring (bicyclic) bond motifs is 4. The number of para-hydroxylation sites is 1. The van der Waals surface area contributed by atoms with E-state index in [1.54, 1.807) is 11.3 Å². The Morgan fingerprint density at radius 2 is 1.72 bits per heavy atom. The van der Waals surface area contributed by atoms with Crippen LogP contribution in [0.3, 0.4) is 0 Å². The highest BCUT2D eigenvalue weighted by atomic mass is 32.1. The molecule has 2 aromatic carbocycles. The summed E-state index contributed by atoms with van der Waals surface area (Å²) in [7, 11) is 0. The molecule has 3 heteroatoms. The number of pyridine rings is 1. The lowest BCUT2D eigenvalue weighted by molar-refractivity contribution is 1.21. The van der Waals surface area contributed by atoms with Gasteiger partial charge in [-0.2, -0.15) is 0 Å². The van der Waals surface area contributed by atoms with Gasteiger partial charge in [-0.05, 0) is 29.7 Å². The molecule has 0 radical (unpaired) electrons. The van der Waals surface area contributed by atoms with Gasteiger partial charge in [-0.25, -0.2) is 0 Å². The van der Waals surface area contributed by atoms with Crippen molar-refractivity contribution in [1.82, 2.24) is 4.40 Å². The Hall–Kier alpha value is -2.13. The SMILES string of the molecule is O=c1c2ccccc2cc2sc3ccccc3n12. The standard InChI is InChI=1S/C15H9NOS/c17-15-11-6-2-1-5-10(11)9-14-16(15)12-7-3-4-8-13(12)18-14/h1-9H. The van der Waals surface area contributed by atoms with Crippen LogP contribution in [0.25, 0.3) is 25.8 Å². The first-order valence-corrected chi connectivity index (χ1v) is 6.58. The van der Waals surface area contributed by atoms with Crippen molar-refractivity contribution in [2.24, 2.45) is 0 Å². The molecule has 2 aromatic heterocycles. The Morgan fingerprint density at radius 1 is 0.944 bits per heavy atom. The lowest BCUT2D eigenvalue weighted by Gasteiger charge is -1.99. The number of rotatable bonds is 0. The van der Waals surface area contributed by atoms with Crippen molar-refractivity contribution in [2.45, 2.75) is 0 Å². The monoisotopic (exact) mass is 251 g/mol. The summed E-state index contributed by atoms with van der Waals surface area (Å²) in [5, 5.41) is 1.78. The molecular formula is C15H9NOS. The fraction of sp³-hybridized carbons (Fsp3) is 0. The first kappa shape index (κ1) is 9.85. The maximum absolute atomic E-state index is 12.5. The number of thiazole rings is 1. The third-order valence-corrected chi connectivity index (χ3v) is 4.29. The molecule has 0 saturated carbocycles. The van der Waals surface area contributed by atoms with Gasteiger partial charge in [0.1, 0.15) is 4.83 Å². The molecule has 0 atom stereocenters. The van der Waals surface area contributed by atoms with E-state index in [0.29, 0.717) is 0 Å². The molecule has 0 aliphatic rings. The molecule has 0 aliphatic heterocycles. The van der Waals surface area contributed by atoms with E-state index in [-0.39, 0.29) is 5.56 Å². The molecule has 2 nitrogen and oxygen atoms in total. The van der Waals surface area contributed by atoms with Crippen LogP contribution in [0.5, 0.6) is 0 Å². The van der Waals surface area contributed by atoms with Crippen molar-refractivity contribution < 1.29 is 0 Å². The van der Waals surface area contributed by atoms with Crippen molar-refractivity contribution in [2.75, 3.05) is 0 Å². The van der Waals surface area contributed by atoms with Crippen LogP contribution >= 0.6 is 11.3 Å². The van der Waals surface area contributed by atoms with Crippen LogP contribution in [0.4, 0.5) is 0 Å². The molecule has 0 amide bonds. The molecule has 0 fully saturated rings. The summed E-state index contributed by atoms with van der Waals surface area (Å²) < 4.78 is 2.95. The van der Waals surface area contributed by atoms with E-state index in [1.807, 2.05) is 46.9 Å². The van der Waals surface area contributed by atoms with E-state index in [9.17, 15) is 4.79 Å². The largest absolute Gasteiger partial charge is 0.268 e. The summed E-state index contributed by atoms with van der Waals surface area (Å²) >= 11 is 1.65. The summed E-state index contributed by atoms with van der Waals surface area (Å²) in [6.45, 7) is 0. The molecule has 0 bridgehead atoms. The van der Waals surface area contributed by atoms with Crippen molar-refractivity contribution in [3.63, 3.8) is 0 Å². The van der Waals surface area contributed by atoms with E-state index >= 15 is 0 Å². The second kappa shape index (κ2) is 3.43. The third-order valence-electron chi connectivity index (χ3n) is 3.21. The van der Waals surface area contributed by atoms with Gasteiger partial charge in [-0.1, -0.05) is 30.3 Å². The smallest absolute Gasteiger partial charge is 0.264 e. The number of nitrogens with zero attached hydrogens (tertiary/aromatic N) is 1. The van der Waals surface area contributed by atoms with E-state index in [1.165, 1.54) is 0 Å². The minimum absolute atomic E-state index is 0.0700. The lowest BCUT2D eigenvalue weighted by atomic mass is 10.2. The zero-order valence-corrected chi connectivity index (χ0v) is 10.3. The Bertz CT molecular complexity index is 949. The first-order valence-electron chi connectivity index (χ1n) is 5.77. The normalized spacial score (nSPS) is 11.6. The average molecular weight is 251 g/mol. The maximum Gasteiger partial charge on any atom is 0.264 e. The highest BCUT2D eigenvalue weighted by Gasteiger charge is 2.08. The Balaban J connectivity index is 2.39. The summed E-state index contributed by atoms with van der Waals surface area (Å²) in [6, 6.07) is 17.8. The van der Waals surface area contributed by atoms with E-state index < -0.39 is 0 Å². The summed E-state index contributed by atoms with van der Waals surface area (Å²) in [5.74, 6) is 0. The second-order valence-electron chi connectivity index (χ2n) is 4.28. The summed E-state index contributed by atoms with van der Waals surface area (Å²) in [5.41, 5.74) is 1.06. The van der Waals surface area contributed by atoms with E-state index in [2.05, 4.69) is 12.1 Å². The number of aromatic nitrogens is 1. The van der Waals surface area contributed by atoms with Gasteiger partial charge in [0.2, 0.25) is 0 Å². The maximum atomic E-state index is 12.5. The molecule has 4 aromatic rings. The number of benzene rings is 2. The highest BCUT2D eigenvalue weighted by molar-refractivity contribution is 7.24. The van der Waals surface area contributed by atoms with E-state index in [4.69, 9.17) is 0 Å². The van der Waals surface area contributed by atoms with Gasteiger partial charge in [0.25, 0.3) is 5.56 Å². The van der Waals surface area contributed by atoms with Crippen LogP contribution in [0.1, 0.15) is 0 Å². The number of hydrogen-bond acceptors (Lipinski definition) is 2. The first-order chi connectivity index (χ1) is 8.84. The number of hydrogen-bond donors (Lipinski definition) is 0. The zero-order chi connectivity index (χ0) is 12.1. The minimum atomic E-state index is 0.0700. The van der Waals surface area contributed by atoms with Crippen LogP contribution in [0.2, 0.25) is 0 Å². The van der Waals surface area contributed by atoms with Gasteiger partial charge in [0.15, 0.2) is 0 Å². The zero-order valence-electron chi connectivity index (χ0n) is 9.46. The molecule has 86 valence electrons. The fourth-order valence-electron chi connectivity index (χ4n) is 2.38.